The van der Waals surface area contributed by atoms with E-state index in [-0.39, 0.29) is 5.82 Å². The minimum atomic E-state index is -0.315. The average Bonchev–Trinajstić information content (AvgIpc) is 2.57. The van der Waals surface area contributed by atoms with Crippen molar-refractivity contribution in [2.45, 2.75) is 6.42 Å². The molecule has 0 aliphatic rings. The van der Waals surface area contributed by atoms with E-state index in [9.17, 15) is 4.39 Å². The number of halogens is 1. The molecule has 0 amide bonds. The Morgan fingerprint density at radius 2 is 1.83 bits per heavy atom. The summed E-state index contributed by atoms with van der Waals surface area (Å²) in [4.78, 5) is 8.59. The molecule has 0 unspecified atom stereocenters. The highest BCUT2D eigenvalue weighted by molar-refractivity contribution is 5.43. The van der Waals surface area contributed by atoms with Gasteiger partial charge in [-0.2, -0.15) is 0 Å². The van der Waals surface area contributed by atoms with Crippen LogP contribution in [0.4, 0.5) is 10.2 Å². The van der Waals surface area contributed by atoms with Crippen molar-refractivity contribution in [2.24, 2.45) is 0 Å². The van der Waals surface area contributed by atoms with Crippen LogP contribution in [-0.4, -0.2) is 9.97 Å². The summed E-state index contributed by atoms with van der Waals surface area (Å²) in [6.45, 7) is 0. The van der Waals surface area contributed by atoms with E-state index in [0.717, 1.165) is 5.56 Å². The molecule has 3 nitrogen and oxygen atoms in total. The van der Waals surface area contributed by atoms with Crippen LogP contribution < -0.4 is 5.73 Å². The predicted molar refractivity (Wildman–Crippen MR) is 88.1 cm³/mol. The Bertz CT molecular complexity index is 880. The molecule has 2 aromatic carbocycles. The van der Waals surface area contributed by atoms with Crippen molar-refractivity contribution in [1.82, 2.24) is 9.97 Å². The molecule has 0 fully saturated rings. The maximum Gasteiger partial charge on any atom is 0.145 e. The van der Waals surface area contributed by atoms with Gasteiger partial charge in [-0.25, -0.2) is 14.4 Å². The number of hydrogen-bond donors (Lipinski definition) is 1. The van der Waals surface area contributed by atoms with Crippen molar-refractivity contribution in [2.75, 3.05) is 5.73 Å². The number of nitrogens with zero attached hydrogens (tertiary/aromatic N) is 2. The Morgan fingerprint density at radius 1 is 1.00 bits per heavy atom. The van der Waals surface area contributed by atoms with Gasteiger partial charge in [-0.15, -0.1) is 0 Å². The molecule has 2 N–H and O–H groups in total. The summed E-state index contributed by atoms with van der Waals surface area (Å²) in [5, 5.41) is 0. The molecule has 0 radical (unpaired) electrons. The maximum absolute atomic E-state index is 13.1. The van der Waals surface area contributed by atoms with E-state index < -0.39 is 0 Å². The molecule has 0 saturated heterocycles. The lowest BCUT2D eigenvalue weighted by atomic mass is 10.1. The van der Waals surface area contributed by atoms with Crippen molar-refractivity contribution in [3.05, 3.63) is 89.1 Å². The van der Waals surface area contributed by atoms with Crippen molar-refractivity contribution in [3.8, 4) is 11.8 Å². The molecule has 112 valence electrons. The highest BCUT2D eigenvalue weighted by Crippen LogP contribution is 2.12. The van der Waals surface area contributed by atoms with E-state index in [4.69, 9.17) is 5.73 Å². The van der Waals surface area contributed by atoms with Gasteiger partial charge in [0.25, 0.3) is 0 Å². The number of aromatic nitrogens is 2. The van der Waals surface area contributed by atoms with Crippen LogP contribution in [0.5, 0.6) is 0 Å². The molecule has 0 spiro atoms. The van der Waals surface area contributed by atoms with E-state index in [0.29, 0.717) is 29.2 Å². The Kier molecular flexibility index (Phi) is 4.30. The highest BCUT2D eigenvalue weighted by atomic mass is 19.1. The van der Waals surface area contributed by atoms with Gasteiger partial charge in [0.2, 0.25) is 0 Å². The Hall–Kier alpha value is -3.19. The monoisotopic (exact) mass is 303 g/mol. The molecule has 0 atom stereocenters. The fourth-order valence-electron chi connectivity index (χ4n) is 2.12. The van der Waals surface area contributed by atoms with Gasteiger partial charge >= 0.3 is 0 Å². The van der Waals surface area contributed by atoms with E-state index in [2.05, 4.69) is 21.8 Å². The van der Waals surface area contributed by atoms with Crippen molar-refractivity contribution in [1.29, 1.82) is 0 Å². The summed E-state index contributed by atoms with van der Waals surface area (Å²) >= 11 is 0. The molecule has 0 bridgehead atoms. The first-order valence-corrected chi connectivity index (χ1v) is 7.13. The van der Waals surface area contributed by atoms with Crippen LogP contribution in [-0.2, 0) is 6.42 Å². The van der Waals surface area contributed by atoms with Gasteiger partial charge in [-0.3, -0.25) is 0 Å². The predicted octanol–water partition coefficient (Wildman–Crippen LogP) is 3.19. The quantitative estimate of drug-likeness (QED) is 0.740. The fraction of sp³-hybridized carbons (Fsp3) is 0.0526. The van der Waals surface area contributed by atoms with Crippen LogP contribution in [0.1, 0.15) is 22.5 Å². The molecule has 1 aromatic heterocycles. The first-order chi connectivity index (χ1) is 11.2. The molecular weight excluding hydrogens is 289 g/mol. The van der Waals surface area contributed by atoms with Gasteiger partial charge in [0.1, 0.15) is 17.3 Å². The SMILES string of the molecule is Nc1ncc(C#Cc2cccc(F)c2)nc1Cc1ccccc1. The van der Waals surface area contributed by atoms with Crippen LogP contribution in [0.2, 0.25) is 0 Å². The fourth-order valence-corrected chi connectivity index (χ4v) is 2.12. The zero-order chi connectivity index (χ0) is 16.1. The van der Waals surface area contributed by atoms with Crippen LogP contribution in [0.15, 0.2) is 60.8 Å². The average molecular weight is 303 g/mol. The third-order valence-electron chi connectivity index (χ3n) is 3.25. The van der Waals surface area contributed by atoms with Crippen LogP contribution in [0, 0.1) is 17.7 Å². The Labute approximate surface area is 134 Å². The van der Waals surface area contributed by atoms with Gasteiger partial charge in [-0.05, 0) is 29.7 Å². The molecule has 3 rings (SSSR count). The number of rotatable bonds is 2. The highest BCUT2D eigenvalue weighted by Gasteiger charge is 2.05. The van der Waals surface area contributed by atoms with Crippen molar-refractivity contribution >= 4 is 5.82 Å². The molecule has 0 aliphatic heterocycles. The van der Waals surface area contributed by atoms with Gasteiger partial charge in [0.05, 0.1) is 11.9 Å². The smallest absolute Gasteiger partial charge is 0.145 e. The Morgan fingerprint density at radius 3 is 2.61 bits per heavy atom. The summed E-state index contributed by atoms with van der Waals surface area (Å²) in [5.74, 6) is 5.85. The zero-order valence-corrected chi connectivity index (χ0v) is 12.3. The minimum absolute atomic E-state index is 0.315. The van der Waals surface area contributed by atoms with E-state index >= 15 is 0 Å². The normalized spacial score (nSPS) is 9.96. The van der Waals surface area contributed by atoms with E-state index in [1.54, 1.807) is 12.1 Å². The number of hydrogen-bond acceptors (Lipinski definition) is 3. The number of benzene rings is 2. The standard InChI is InChI=1S/C19H14FN3/c20-16-8-4-7-15(11-16)9-10-17-13-22-19(21)18(23-17)12-14-5-2-1-3-6-14/h1-8,11,13H,12H2,(H2,21,22). The molecule has 4 heteroatoms. The van der Waals surface area contributed by atoms with E-state index in [1.807, 2.05) is 30.3 Å². The van der Waals surface area contributed by atoms with Crippen LogP contribution >= 0.6 is 0 Å². The van der Waals surface area contributed by atoms with Gasteiger partial charge in [0.15, 0.2) is 0 Å². The third-order valence-corrected chi connectivity index (χ3v) is 3.25. The first kappa shape index (κ1) is 14.7. The molecule has 0 saturated carbocycles. The van der Waals surface area contributed by atoms with Crippen LogP contribution in [0.25, 0.3) is 0 Å². The molecule has 23 heavy (non-hydrogen) atoms. The number of nitrogens with two attached hydrogens (primary N) is 1. The summed E-state index contributed by atoms with van der Waals surface area (Å²) in [7, 11) is 0. The third kappa shape index (κ3) is 3.92. The molecule has 3 aromatic rings. The van der Waals surface area contributed by atoms with Gasteiger partial charge in [0, 0.05) is 12.0 Å². The topological polar surface area (TPSA) is 51.8 Å². The van der Waals surface area contributed by atoms with Gasteiger partial charge in [-0.1, -0.05) is 42.3 Å². The molecule has 0 aliphatic carbocycles. The zero-order valence-electron chi connectivity index (χ0n) is 12.3. The van der Waals surface area contributed by atoms with E-state index in [1.165, 1.54) is 18.3 Å². The lowest BCUT2D eigenvalue weighted by Crippen LogP contribution is -2.03. The molecular formula is C19H14FN3. The lowest BCUT2D eigenvalue weighted by molar-refractivity contribution is 0.627. The molecule has 1 heterocycles. The van der Waals surface area contributed by atoms with Crippen molar-refractivity contribution < 1.29 is 4.39 Å². The first-order valence-electron chi connectivity index (χ1n) is 7.13. The maximum atomic E-state index is 13.1. The second-order valence-corrected chi connectivity index (χ2v) is 5.01. The summed E-state index contributed by atoms with van der Waals surface area (Å²) in [6.07, 6.45) is 2.12. The van der Waals surface area contributed by atoms with Crippen LogP contribution in [0.3, 0.4) is 0 Å². The second-order valence-electron chi connectivity index (χ2n) is 5.01. The van der Waals surface area contributed by atoms with Gasteiger partial charge < -0.3 is 5.73 Å². The number of nitrogen functional groups attached to an aromatic ring is 1. The second kappa shape index (κ2) is 6.71. The largest absolute Gasteiger partial charge is 0.382 e. The summed E-state index contributed by atoms with van der Waals surface area (Å²) < 4.78 is 13.1. The number of anilines is 1. The minimum Gasteiger partial charge on any atom is -0.382 e. The van der Waals surface area contributed by atoms with Crippen molar-refractivity contribution in [3.63, 3.8) is 0 Å². The summed E-state index contributed by atoms with van der Waals surface area (Å²) in [5.41, 5.74) is 8.78. The summed E-state index contributed by atoms with van der Waals surface area (Å²) in [6, 6.07) is 16.0. The Balaban J connectivity index is 1.86. The lowest BCUT2D eigenvalue weighted by Gasteiger charge is -2.04.